The average molecular weight is 198 g/mol. The number of aromatic nitrogens is 3. The predicted octanol–water partition coefficient (Wildman–Crippen LogP) is -0.546. The normalized spacial score (nSPS) is 10.0. The molecule has 6 N–H and O–H groups in total. The Kier molecular flexibility index (Phi) is 3.71. The van der Waals surface area contributed by atoms with Gasteiger partial charge in [-0.25, -0.2) is 5.10 Å². The van der Waals surface area contributed by atoms with E-state index in [-0.39, 0.29) is 11.9 Å². The molecule has 7 heteroatoms. The molecule has 0 aliphatic rings. The van der Waals surface area contributed by atoms with Gasteiger partial charge in [-0.1, -0.05) is 0 Å². The fourth-order valence-corrected chi connectivity index (χ4v) is 0.978. The monoisotopic (exact) mass is 198 g/mol. The number of nitrogens with zero attached hydrogens (tertiary/aromatic N) is 2. The highest BCUT2D eigenvalue weighted by atomic mass is 16.1. The number of hydrogen-bond donors (Lipinski definition) is 4. The number of hydrogen-bond acceptors (Lipinski definition) is 5. The van der Waals surface area contributed by atoms with E-state index in [1.165, 1.54) is 0 Å². The van der Waals surface area contributed by atoms with Crippen molar-refractivity contribution in [2.24, 2.45) is 5.73 Å². The molecule has 1 rings (SSSR count). The number of amides is 1. The number of carbonyl (C=O) groups is 1. The van der Waals surface area contributed by atoms with Gasteiger partial charge < -0.3 is 16.8 Å². The third kappa shape index (κ3) is 3.74. The molecular weight excluding hydrogens is 184 g/mol. The molecule has 0 unspecified atom stereocenters. The van der Waals surface area contributed by atoms with E-state index >= 15 is 0 Å². The molecule has 0 saturated heterocycles. The zero-order valence-corrected chi connectivity index (χ0v) is 7.79. The Morgan fingerprint density at radius 2 is 2.29 bits per heavy atom. The first-order valence-electron chi connectivity index (χ1n) is 4.38. The number of carbonyl (C=O) groups excluding carboxylic acids is 1. The molecule has 0 spiro atoms. The predicted molar refractivity (Wildman–Crippen MR) is 52.3 cm³/mol. The number of anilines is 2. The van der Waals surface area contributed by atoms with Crippen molar-refractivity contribution in [2.45, 2.75) is 19.3 Å². The Labute approximate surface area is 81.3 Å². The molecular formula is C7H14N6O. The van der Waals surface area contributed by atoms with Crippen molar-refractivity contribution in [3.05, 3.63) is 0 Å². The fraction of sp³-hybridized carbons (Fsp3) is 0.571. The minimum atomic E-state index is -0.271. The topological polar surface area (TPSA) is 123 Å². The van der Waals surface area contributed by atoms with Crippen LogP contribution >= 0.6 is 0 Å². The molecule has 1 aromatic rings. The molecule has 1 heterocycles. The summed E-state index contributed by atoms with van der Waals surface area (Å²) in [6.07, 6.45) is 2.03. The van der Waals surface area contributed by atoms with E-state index in [0.717, 1.165) is 12.8 Å². The summed E-state index contributed by atoms with van der Waals surface area (Å²) in [4.78, 5) is 14.2. The Balaban J connectivity index is 2.07. The summed E-state index contributed by atoms with van der Waals surface area (Å²) in [5.74, 6) is 0.485. The summed E-state index contributed by atoms with van der Waals surface area (Å²) >= 11 is 0. The lowest BCUT2D eigenvalue weighted by Crippen LogP contribution is -2.11. The van der Waals surface area contributed by atoms with Gasteiger partial charge in [-0.2, -0.15) is 4.98 Å². The van der Waals surface area contributed by atoms with E-state index in [1.54, 1.807) is 0 Å². The zero-order valence-electron chi connectivity index (χ0n) is 7.79. The van der Waals surface area contributed by atoms with Crippen LogP contribution in [-0.4, -0.2) is 27.6 Å². The van der Waals surface area contributed by atoms with E-state index in [9.17, 15) is 4.79 Å². The molecule has 0 fully saturated rings. The Hall–Kier alpha value is -1.79. The van der Waals surface area contributed by atoms with Gasteiger partial charge in [-0.3, -0.25) is 4.79 Å². The van der Waals surface area contributed by atoms with E-state index in [4.69, 9.17) is 11.5 Å². The van der Waals surface area contributed by atoms with E-state index in [0.29, 0.717) is 18.9 Å². The number of H-pyrrole nitrogens is 1. The van der Waals surface area contributed by atoms with Crippen LogP contribution < -0.4 is 16.8 Å². The molecule has 0 aromatic carbocycles. The molecule has 0 aliphatic heterocycles. The van der Waals surface area contributed by atoms with Crippen LogP contribution in [-0.2, 0) is 4.79 Å². The van der Waals surface area contributed by atoms with Crippen LogP contribution in [0.15, 0.2) is 0 Å². The van der Waals surface area contributed by atoms with Gasteiger partial charge in [0.05, 0.1) is 0 Å². The van der Waals surface area contributed by atoms with Crippen LogP contribution in [0.3, 0.4) is 0 Å². The summed E-state index contributed by atoms with van der Waals surface area (Å²) in [6.45, 7) is 0.699. The number of unbranched alkanes of at least 4 members (excludes halogenated alkanes) is 1. The number of primary amides is 1. The third-order valence-electron chi connectivity index (χ3n) is 1.64. The zero-order chi connectivity index (χ0) is 10.4. The Bertz CT molecular complexity index is 296. The summed E-state index contributed by atoms with van der Waals surface area (Å²) in [7, 11) is 0. The molecule has 0 aliphatic carbocycles. The minimum Gasteiger partial charge on any atom is -0.370 e. The maximum Gasteiger partial charge on any atom is 0.243 e. The maximum absolute atomic E-state index is 10.4. The van der Waals surface area contributed by atoms with Gasteiger partial charge in [0.1, 0.15) is 0 Å². The second kappa shape index (κ2) is 5.05. The quantitative estimate of drug-likeness (QED) is 0.457. The average Bonchev–Trinajstić information content (AvgIpc) is 2.50. The van der Waals surface area contributed by atoms with E-state index in [2.05, 4.69) is 20.5 Å². The molecule has 7 nitrogen and oxygen atoms in total. The highest BCUT2D eigenvalue weighted by Gasteiger charge is 1.98. The molecule has 1 amide bonds. The molecule has 78 valence electrons. The van der Waals surface area contributed by atoms with Crippen LogP contribution in [0.25, 0.3) is 0 Å². The lowest BCUT2D eigenvalue weighted by molar-refractivity contribution is -0.118. The summed E-state index contributed by atoms with van der Waals surface area (Å²) in [6, 6.07) is 0. The van der Waals surface area contributed by atoms with Crippen LogP contribution in [0.1, 0.15) is 19.3 Å². The highest BCUT2D eigenvalue weighted by molar-refractivity contribution is 5.73. The van der Waals surface area contributed by atoms with E-state index in [1.807, 2.05) is 0 Å². The van der Waals surface area contributed by atoms with Crippen molar-refractivity contribution < 1.29 is 4.79 Å². The number of nitrogen functional groups attached to an aromatic ring is 1. The first-order chi connectivity index (χ1) is 6.68. The number of nitrogens with two attached hydrogens (primary N) is 2. The van der Waals surface area contributed by atoms with Crippen molar-refractivity contribution in [1.29, 1.82) is 0 Å². The second-order valence-corrected chi connectivity index (χ2v) is 2.89. The lowest BCUT2D eigenvalue weighted by atomic mass is 10.2. The number of aromatic amines is 1. The highest BCUT2D eigenvalue weighted by Crippen LogP contribution is 2.00. The van der Waals surface area contributed by atoms with Crippen molar-refractivity contribution in [3.63, 3.8) is 0 Å². The molecule has 1 aromatic heterocycles. The number of rotatable bonds is 6. The van der Waals surface area contributed by atoms with Gasteiger partial charge in [0.25, 0.3) is 0 Å². The van der Waals surface area contributed by atoms with Gasteiger partial charge in [0.15, 0.2) is 0 Å². The molecule has 14 heavy (non-hydrogen) atoms. The fourth-order valence-electron chi connectivity index (χ4n) is 0.978. The SMILES string of the molecule is NC(=O)CCCCNc1n[nH]c(N)n1. The van der Waals surface area contributed by atoms with Crippen molar-refractivity contribution in [1.82, 2.24) is 15.2 Å². The van der Waals surface area contributed by atoms with Gasteiger partial charge in [0.2, 0.25) is 17.8 Å². The minimum absolute atomic E-state index is 0.271. The van der Waals surface area contributed by atoms with Crippen molar-refractivity contribution in [3.8, 4) is 0 Å². The largest absolute Gasteiger partial charge is 0.370 e. The summed E-state index contributed by atoms with van der Waals surface area (Å²) in [5.41, 5.74) is 10.3. The smallest absolute Gasteiger partial charge is 0.243 e. The first kappa shape index (κ1) is 10.3. The van der Waals surface area contributed by atoms with Crippen LogP contribution in [0.5, 0.6) is 0 Å². The maximum atomic E-state index is 10.4. The standard InChI is InChI=1S/C7H14N6O/c8-5(14)3-1-2-4-10-7-11-6(9)12-13-7/h1-4H2,(H2,8,14)(H4,9,10,11,12,13). The van der Waals surface area contributed by atoms with Gasteiger partial charge in [-0.05, 0) is 12.8 Å². The Morgan fingerprint density at radius 1 is 1.50 bits per heavy atom. The van der Waals surface area contributed by atoms with Crippen LogP contribution in [0, 0.1) is 0 Å². The first-order valence-corrected chi connectivity index (χ1v) is 4.38. The van der Waals surface area contributed by atoms with Crippen molar-refractivity contribution >= 4 is 17.8 Å². The molecule has 0 radical (unpaired) electrons. The summed E-state index contributed by atoms with van der Waals surface area (Å²) in [5, 5.41) is 9.25. The number of nitrogens with one attached hydrogen (secondary N) is 2. The van der Waals surface area contributed by atoms with Gasteiger partial charge in [-0.15, -0.1) is 5.10 Å². The molecule has 0 atom stereocenters. The Morgan fingerprint density at radius 3 is 2.86 bits per heavy atom. The second-order valence-electron chi connectivity index (χ2n) is 2.89. The molecule has 0 saturated carbocycles. The lowest BCUT2D eigenvalue weighted by Gasteiger charge is -1.99. The van der Waals surface area contributed by atoms with E-state index < -0.39 is 0 Å². The van der Waals surface area contributed by atoms with Crippen molar-refractivity contribution in [2.75, 3.05) is 17.6 Å². The van der Waals surface area contributed by atoms with Gasteiger partial charge in [0, 0.05) is 13.0 Å². The molecule has 0 bridgehead atoms. The van der Waals surface area contributed by atoms with Crippen LogP contribution in [0.4, 0.5) is 11.9 Å². The van der Waals surface area contributed by atoms with Crippen LogP contribution in [0.2, 0.25) is 0 Å². The third-order valence-corrected chi connectivity index (χ3v) is 1.64. The van der Waals surface area contributed by atoms with Gasteiger partial charge >= 0.3 is 0 Å². The summed E-state index contributed by atoms with van der Waals surface area (Å²) < 4.78 is 0.